The normalized spacial score (nSPS) is 15.6. The van der Waals surface area contributed by atoms with Crippen LogP contribution in [-0.4, -0.2) is 54.0 Å². The van der Waals surface area contributed by atoms with Gasteiger partial charge in [0.25, 0.3) is 0 Å². The summed E-state index contributed by atoms with van der Waals surface area (Å²) in [6, 6.07) is 15.1. The van der Waals surface area contributed by atoms with Crippen LogP contribution in [0.15, 0.2) is 42.5 Å². The lowest BCUT2D eigenvalue weighted by Crippen LogP contribution is -2.33. The number of benzene rings is 4. The van der Waals surface area contributed by atoms with Gasteiger partial charge >= 0.3 is 0 Å². The van der Waals surface area contributed by atoms with Gasteiger partial charge in [-0.05, 0) is 107 Å². The Morgan fingerprint density at radius 1 is 0.611 bits per heavy atom. The van der Waals surface area contributed by atoms with Gasteiger partial charge in [-0.25, -0.2) is 0 Å². The van der Waals surface area contributed by atoms with Gasteiger partial charge < -0.3 is 23.7 Å². The van der Waals surface area contributed by atoms with Crippen molar-refractivity contribution >= 4 is 21.5 Å². The monoisotopic (exact) mass is 487 g/mol. The highest BCUT2D eigenvalue weighted by Crippen LogP contribution is 2.46. The third-order valence-electron chi connectivity index (χ3n) is 7.41. The number of fused-ring (bicyclic) bond motifs is 4. The van der Waals surface area contributed by atoms with Crippen LogP contribution >= 0.6 is 0 Å². The summed E-state index contributed by atoms with van der Waals surface area (Å²) in [5.74, 6) is 3.78. The predicted molar refractivity (Wildman–Crippen MR) is 144 cm³/mol. The highest BCUT2D eigenvalue weighted by molar-refractivity contribution is 6.11. The van der Waals surface area contributed by atoms with Crippen LogP contribution in [0.3, 0.4) is 0 Å². The van der Waals surface area contributed by atoms with Crippen molar-refractivity contribution in [1.29, 1.82) is 0 Å². The Bertz CT molecular complexity index is 1460. The standard InChI is InChI=1S/C30H33NO5/c1-17-10-20-19(13-25(17)32-3)11-24(23-16-29(36-7)28(35-6)15-22(20)23)30-21-14-27(34-5)26(33-4)12-18(21)8-9-31(30)2/h10-16,30H,8-9H2,1-7H3. The van der Waals surface area contributed by atoms with Crippen LogP contribution in [0.2, 0.25) is 0 Å². The largest absolute Gasteiger partial charge is 0.496 e. The molecule has 6 heteroatoms. The van der Waals surface area contributed by atoms with Gasteiger partial charge in [0, 0.05) is 6.54 Å². The van der Waals surface area contributed by atoms with Gasteiger partial charge in [0.15, 0.2) is 23.0 Å². The molecule has 0 saturated carbocycles. The van der Waals surface area contributed by atoms with Crippen LogP contribution in [-0.2, 0) is 6.42 Å². The summed E-state index contributed by atoms with van der Waals surface area (Å²) < 4.78 is 28.4. The molecule has 188 valence electrons. The number of hydrogen-bond acceptors (Lipinski definition) is 6. The second-order valence-electron chi connectivity index (χ2n) is 9.30. The van der Waals surface area contributed by atoms with Crippen LogP contribution in [0.5, 0.6) is 28.7 Å². The smallest absolute Gasteiger partial charge is 0.161 e. The molecular formula is C30H33NO5. The summed E-state index contributed by atoms with van der Waals surface area (Å²) in [5, 5.41) is 4.52. The highest BCUT2D eigenvalue weighted by atomic mass is 16.5. The first-order valence-electron chi connectivity index (χ1n) is 12.1. The molecule has 4 aromatic carbocycles. The average molecular weight is 488 g/mol. The fourth-order valence-electron chi connectivity index (χ4n) is 5.56. The molecule has 1 aliphatic heterocycles. The van der Waals surface area contributed by atoms with Gasteiger partial charge in [0.1, 0.15) is 5.75 Å². The summed E-state index contributed by atoms with van der Waals surface area (Å²) in [7, 11) is 10.6. The summed E-state index contributed by atoms with van der Waals surface area (Å²) in [6.07, 6.45) is 0.943. The van der Waals surface area contributed by atoms with Crippen LogP contribution in [0.1, 0.15) is 28.3 Å². The molecule has 0 spiro atoms. The Balaban J connectivity index is 1.88. The molecule has 6 nitrogen and oxygen atoms in total. The zero-order chi connectivity index (χ0) is 25.6. The van der Waals surface area contributed by atoms with E-state index in [1.165, 1.54) is 16.7 Å². The lowest BCUT2D eigenvalue weighted by atomic mass is 9.84. The second-order valence-corrected chi connectivity index (χ2v) is 9.30. The molecule has 0 aromatic heterocycles. The van der Waals surface area contributed by atoms with E-state index in [0.29, 0.717) is 11.5 Å². The zero-order valence-corrected chi connectivity index (χ0v) is 22.0. The van der Waals surface area contributed by atoms with Crippen molar-refractivity contribution < 1.29 is 23.7 Å². The highest BCUT2D eigenvalue weighted by Gasteiger charge is 2.30. The third kappa shape index (κ3) is 3.77. The quantitative estimate of drug-likeness (QED) is 0.315. The van der Waals surface area contributed by atoms with E-state index in [0.717, 1.165) is 57.3 Å². The van der Waals surface area contributed by atoms with E-state index in [4.69, 9.17) is 23.7 Å². The van der Waals surface area contributed by atoms with Crippen molar-refractivity contribution in [3.63, 3.8) is 0 Å². The lowest BCUT2D eigenvalue weighted by molar-refractivity contribution is 0.264. The van der Waals surface area contributed by atoms with Crippen molar-refractivity contribution in [3.05, 3.63) is 64.7 Å². The number of ether oxygens (including phenoxy) is 5. The fourth-order valence-corrected chi connectivity index (χ4v) is 5.56. The molecule has 0 saturated heterocycles. The Kier molecular flexibility index (Phi) is 6.31. The first-order valence-corrected chi connectivity index (χ1v) is 12.1. The summed E-state index contributed by atoms with van der Waals surface area (Å²) in [6.45, 7) is 3.00. The molecule has 1 unspecified atom stereocenters. The minimum absolute atomic E-state index is 0.0193. The number of methoxy groups -OCH3 is 5. The topological polar surface area (TPSA) is 49.4 Å². The van der Waals surface area contributed by atoms with Crippen LogP contribution < -0.4 is 23.7 Å². The molecule has 0 aliphatic carbocycles. The molecule has 36 heavy (non-hydrogen) atoms. The van der Waals surface area contributed by atoms with Crippen molar-refractivity contribution in [2.75, 3.05) is 49.1 Å². The maximum Gasteiger partial charge on any atom is 0.161 e. The van der Waals surface area contributed by atoms with Crippen molar-refractivity contribution in [1.82, 2.24) is 4.90 Å². The van der Waals surface area contributed by atoms with Crippen LogP contribution in [0, 0.1) is 6.92 Å². The first-order chi connectivity index (χ1) is 17.4. The van der Waals surface area contributed by atoms with Crippen molar-refractivity contribution in [2.45, 2.75) is 19.4 Å². The summed E-state index contributed by atoms with van der Waals surface area (Å²) in [4.78, 5) is 2.40. The molecule has 5 rings (SSSR count). The van der Waals surface area contributed by atoms with E-state index in [9.17, 15) is 0 Å². The first kappa shape index (κ1) is 24.1. The molecule has 0 amide bonds. The Labute approximate surface area is 212 Å². The molecule has 1 heterocycles. The third-order valence-corrected chi connectivity index (χ3v) is 7.41. The Morgan fingerprint density at radius 3 is 1.83 bits per heavy atom. The van der Waals surface area contributed by atoms with Gasteiger partial charge in [0.2, 0.25) is 0 Å². The number of likely N-dealkylation sites (N-methyl/N-ethyl adjacent to an activating group) is 1. The van der Waals surface area contributed by atoms with Gasteiger partial charge in [-0.1, -0.05) is 0 Å². The van der Waals surface area contributed by atoms with Crippen molar-refractivity contribution in [2.24, 2.45) is 0 Å². The predicted octanol–water partition coefficient (Wildman–Crippen LogP) is 5.92. The minimum atomic E-state index is 0.0193. The zero-order valence-electron chi connectivity index (χ0n) is 22.0. The number of rotatable bonds is 6. The van der Waals surface area contributed by atoms with Gasteiger partial charge in [-0.3, -0.25) is 4.90 Å². The van der Waals surface area contributed by atoms with Gasteiger partial charge in [0.05, 0.1) is 41.6 Å². The van der Waals surface area contributed by atoms with Crippen LogP contribution in [0.25, 0.3) is 21.5 Å². The summed E-state index contributed by atoms with van der Waals surface area (Å²) in [5.41, 5.74) is 4.77. The molecule has 0 bridgehead atoms. The Morgan fingerprint density at radius 2 is 1.19 bits per heavy atom. The molecule has 0 fully saturated rings. The lowest BCUT2D eigenvalue weighted by Gasteiger charge is -2.36. The number of hydrogen-bond donors (Lipinski definition) is 0. The Hall–Kier alpha value is -3.64. The van der Waals surface area contributed by atoms with E-state index < -0.39 is 0 Å². The van der Waals surface area contributed by atoms with Gasteiger partial charge in [-0.2, -0.15) is 0 Å². The maximum absolute atomic E-state index is 5.73. The molecule has 4 aromatic rings. The van der Waals surface area contributed by atoms with E-state index >= 15 is 0 Å². The second kappa shape index (κ2) is 9.43. The maximum atomic E-state index is 5.73. The van der Waals surface area contributed by atoms with E-state index in [1.807, 2.05) is 0 Å². The molecule has 1 aliphatic rings. The fraction of sp³-hybridized carbons (Fsp3) is 0.333. The summed E-state index contributed by atoms with van der Waals surface area (Å²) >= 11 is 0. The number of nitrogens with zero attached hydrogens (tertiary/aromatic N) is 1. The average Bonchev–Trinajstić information content (AvgIpc) is 2.90. The van der Waals surface area contributed by atoms with Crippen LogP contribution in [0.4, 0.5) is 0 Å². The number of aryl methyl sites for hydroxylation is 1. The molecule has 1 atom stereocenters. The van der Waals surface area contributed by atoms with Gasteiger partial charge in [-0.15, -0.1) is 0 Å². The van der Waals surface area contributed by atoms with E-state index in [-0.39, 0.29) is 6.04 Å². The van der Waals surface area contributed by atoms with Crippen molar-refractivity contribution in [3.8, 4) is 28.7 Å². The van der Waals surface area contributed by atoms with E-state index in [2.05, 4.69) is 61.3 Å². The molecule has 0 N–H and O–H groups in total. The molecular weight excluding hydrogens is 454 g/mol. The van der Waals surface area contributed by atoms with E-state index in [1.54, 1.807) is 35.5 Å². The SMILES string of the molecule is COc1cc2cc(C3c4cc(OC)c(OC)cc4CCN3C)c3cc(OC)c(OC)cc3c2cc1C. The minimum Gasteiger partial charge on any atom is -0.496 e. The molecule has 0 radical (unpaired) electrons.